The number of hydrogen-bond acceptors (Lipinski definition) is 4. The Balaban J connectivity index is 1.53. The molecule has 0 bridgehead atoms. The molecule has 1 saturated carbocycles. The SMILES string of the molecule is N#CCNC(=O)C1CC(F)(F)CCC1c1ccccc1-c1ccc(SCCc2ncc[nH]2)cc1. The van der Waals surface area contributed by atoms with Crippen LogP contribution in [0.2, 0.25) is 0 Å². The summed E-state index contributed by atoms with van der Waals surface area (Å²) in [5, 5.41) is 11.3. The monoisotopic (exact) mass is 480 g/mol. The number of nitriles is 1. The van der Waals surface area contributed by atoms with Gasteiger partial charge in [-0.2, -0.15) is 5.26 Å². The van der Waals surface area contributed by atoms with Crippen molar-refractivity contribution in [2.75, 3.05) is 12.3 Å². The second kappa shape index (κ2) is 10.8. The van der Waals surface area contributed by atoms with Gasteiger partial charge in [-0.25, -0.2) is 13.8 Å². The summed E-state index contributed by atoms with van der Waals surface area (Å²) in [5.74, 6) is -2.71. The van der Waals surface area contributed by atoms with E-state index in [0.29, 0.717) is 0 Å². The Morgan fingerprint density at radius 3 is 2.76 bits per heavy atom. The van der Waals surface area contributed by atoms with Crippen molar-refractivity contribution in [2.24, 2.45) is 5.92 Å². The van der Waals surface area contributed by atoms with Crippen LogP contribution in [0.3, 0.4) is 0 Å². The van der Waals surface area contributed by atoms with Gasteiger partial charge in [-0.3, -0.25) is 4.79 Å². The van der Waals surface area contributed by atoms with Gasteiger partial charge in [0, 0.05) is 42.3 Å². The summed E-state index contributed by atoms with van der Waals surface area (Å²) in [4.78, 5) is 21.2. The van der Waals surface area contributed by atoms with Gasteiger partial charge in [0.05, 0.1) is 12.0 Å². The molecule has 0 spiro atoms. The average Bonchev–Trinajstić information content (AvgIpc) is 3.36. The second-order valence-corrected chi connectivity index (χ2v) is 9.60. The van der Waals surface area contributed by atoms with Crippen molar-refractivity contribution in [1.82, 2.24) is 15.3 Å². The van der Waals surface area contributed by atoms with Crippen LogP contribution in [-0.4, -0.2) is 34.1 Å². The van der Waals surface area contributed by atoms with Gasteiger partial charge in [-0.1, -0.05) is 36.4 Å². The number of halogens is 2. The molecule has 2 atom stereocenters. The number of aromatic amines is 1. The molecule has 176 valence electrons. The second-order valence-electron chi connectivity index (χ2n) is 8.43. The molecule has 1 heterocycles. The van der Waals surface area contributed by atoms with E-state index >= 15 is 0 Å². The Morgan fingerprint density at radius 1 is 1.24 bits per heavy atom. The highest BCUT2D eigenvalue weighted by molar-refractivity contribution is 7.99. The fraction of sp³-hybridized carbons (Fsp3) is 0.346. The average molecular weight is 481 g/mol. The molecule has 5 nitrogen and oxygen atoms in total. The van der Waals surface area contributed by atoms with Crippen LogP contribution in [0.5, 0.6) is 0 Å². The van der Waals surface area contributed by atoms with Gasteiger partial charge in [0.2, 0.25) is 11.8 Å². The lowest BCUT2D eigenvalue weighted by Gasteiger charge is -2.36. The minimum Gasteiger partial charge on any atom is -0.349 e. The lowest BCUT2D eigenvalue weighted by Crippen LogP contribution is -2.41. The number of carbonyl (C=O) groups is 1. The lowest BCUT2D eigenvalue weighted by atomic mass is 9.72. The van der Waals surface area contributed by atoms with Crippen LogP contribution in [0, 0.1) is 17.2 Å². The Labute approximate surface area is 202 Å². The van der Waals surface area contributed by atoms with Crippen molar-refractivity contribution in [2.45, 2.75) is 42.4 Å². The van der Waals surface area contributed by atoms with Gasteiger partial charge < -0.3 is 10.3 Å². The molecule has 0 aliphatic heterocycles. The van der Waals surface area contributed by atoms with E-state index in [2.05, 4.69) is 27.4 Å². The Kier molecular flexibility index (Phi) is 7.63. The fourth-order valence-corrected chi connectivity index (χ4v) is 5.41. The highest BCUT2D eigenvalue weighted by Gasteiger charge is 2.45. The normalized spacial score (nSPS) is 19.3. The predicted octanol–water partition coefficient (Wildman–Crippen LogP) is 5.57. The molecular formula is C26H26F2N4OS. The first kappa shape index (κ1) is 24.0. The minimum absolute atomic E-state index is 0.186. The van der Waals surface area contributed by atoms with Crippen molar-refractivity contribution >= 4 is 17.7 Å². The summed E-state index contributed by atoms with van der Waals surface area (Å²) in [6.45, 7) is -0.186. The van der Waals surface area contributed by atoms with E-state index < -0.39 is 24.2 Å². The number of rotatable bonds is 8. The number of hydrogen-bond donors (Lipinski definition) is 2. The molecule has 1 aliphatic carbocycles. The first-order valence-corrected chi connectivity index (χ1v) is 12.3. The molecule has 4 rings (SSSR count). The Bertz CT molecular complexity index is 1140. The number of aryl methyl sites for hydroxylation is 1. The van der Waals surface area contributed by atoms with Crippen molar-refractivity contribution in [3.63, 3.8) is 0 Å². The number of imidazole rings is 1. The van der Waals surface area contributed by atoms with Crippen LogP contribution in [0.4, 0.5) is 8.78 Å². The van der Waals surface area contributed by atoms with E-state index in [1.165, 1.54) is 0 Å². The van der Waals surface area contributed by atoms with Crippen molar-refractivity contribution < 1.29 is 13.6 Å². The van der Waals surface area contributed by atoms with Crippen molar-refractivity contribution in [1.29, 1.82) is 5.26 Å². The maximum absolute atomic E-state index is 14.2. The number of aromatic nitrogens is 2. The number of benzene rings is 2. The molecule has 2 aromatic carbocycles. The van der Waals surface area contributed by atoms with E-state index in [1.54, 1.807) is 18.0 Å². The van der Waals surface area contributed by atoms with E-state index in [1.807, 2.05) is 48.7 Å². The summed E-state index contributed by atoms with van der Waals surface area (Å²) >= 11 is 1.74. The smallest absolute Gasteiger partial charge is 0.249 e. The zero-order valence-electron chi connectivity index (χ0n) is 18.6. The Morgan fingerprint density at radius 2 is 2.03 bits per heavy atom. The molecule has 1 aliphatic rings. The topological polar surface area (TPSA) is 81.6 Å². The maximum atomic E-state index is 14.2. The van der Waals surface area contributed by atoms with E-state index in [0.717, 1.165) is 39.6 Å². The molecule has 0 radical (unpaired) electrons. The number of nitrogens with zero attached hydrogens (tertiary/aromatic N) is 2. The van der Waals surface area contributed by atoms with E-state index in [9.17, 15) is 13.6 Å². The largest absolute Gasteiger partial charge is 0.349 e. The van der Waals surface area contributed by atoms with Crippen LogP contribution in [0.25, 0.3) is 11.1 Å². The summed E-state index contributed by atoms with van der Waals surface area (Å²) in [6, 6.07) is 17.8. The lowest BCUT2D eigenvalue weighted by molar-refractivity contribution is -0.133. The number of nitrogens with one attached hydrogen (secondary N) is 2. The number of alkyl halides is 2. The number of carbonyl (C=O) groups excluding carboxylic acids is 1. The van der Waals surface area contributed by atoms with Crippen LogP contribution >= 0.6 is 11.8 Å². The summed E-state index contributed by atoms with van der Waals surface area (Å²) < 4.78 is 28.5. The molecule has 1 fully saturated rings. The number of amides is 1. The molecule has 8 heteroatoms. The van der Waals surface area contributed by atoms with Gasteiger partial charge in [0.1, 0.15) is 12.4 Å². The van der Waals surface area contributed by atoms with Gasteiger partial charge in [-0.15, -0.1) is 11.8 Å². The standard InChI is InChI=1S/C26H26F2N4OS/c27-26(28)11-9-22(23(17-26)25(33)32-13-12-29)21-4-2-1-3-20(21)18-5-7-19(8-6-18)34-16-10-24-30-14-15-31-24/h1-8,14-15,22-23H,9-11,13,16-17H2,(H,30,31)(H,32,33). The minimum atomic E-state index is -2.88. The third-order valence-corrected chi connectivity index (χ3v) is 7.21. The fourth-order valence-electron chi connectivity index (χ4n) is 4.55. The van der Waals surface area contributed by atoms with Gasteiger partial charge in [0.15, 0.2) is 0 Å². The highest BCUT2D eigenvalue weighted by atomic mass is 32.2. The third kappa shape index (κ3) is 5.84. The summed E-state index contributed by atoms with van der Waals surface area (Å²) in [5.41, 5.74) is 2.83. The molecule has 1 amide bonds. The molecule has 2 N–H and O–H groups in total. The van der Waals surface area contributed by atoms with Gasteiger partial charge in [0.25, 0.3) is 0 Å². The quantitative estimate of drug-likeness (QED) is 0.326. The van der Waals surface area contributed by atoms with Crippen LogP contribution in [-0.2, 0) is 11.2 Å². The summed E-state index contributed by atoms with van der Waals surface area (Å²) in [7, 11) is 0. The highest BCUT2D eigenvalue weighted by Crippen LogP contribution is 2.47. The van der Waals surface area contributed by atoms with Crippen molar-refractivity contribution in [3.8, 4) is 17.2 Å². The van der Waals surface area contributed by atoms with E-state index in [4.69, 9.17) is 5.26 Å². The first-order valence-electron chi connectivity index (χ1n) is 11.3. The predicted molar refractivity (Wildman–Crippen MR) is 129 cm³/mol. The first-order chi connectivity index (χ1) is 16.5. The van der Waals surface area contributed by atoms with Gasteiger partial charge in [-0.05, 0) is 41.2 Å². The molecular weight excluding hydrogens is 454 g/mol. The van der Waals surface area contributed by atoms with Crippen LogP contribution in [0.15, 0.2) is 65.8 Å². The van der Waals surface area contributed by atoms with Crippen molar-refractivity contribution in [3.05, 3.63) is 72.3 Å². The number of thioether (sulfide) groups is 1. The van der Waals surface area contributed by atoms with E-state index in [-0.39, 0.29) is 25.3 Å². The zero-order valence-corrected chi connectivity index (χ0v) is 19.5. The van der Waals surface area contributed by atoms with Crippen LogP contribution in [0.1, 0.15) is 36.6 Å². The van der Waals surface area contributed by atoms with Gasteiger partial charge >= 0.3 is 0 Å². The molecule has 3 aromatic rings. The Hall–Kier alpha value is -3.18. The maximum Gasteiger partial charge on any atom is 0.249 e. The zero-order chi connectivity index (χ0) is 24.0. The third-order valence-electron chi connectivity index (χ3n) is 6.19. The van der Waals surface area contributed by atoms with Crippen LogP contribution < -0.4 is 5.32 Å². The molecule has 0 saturated heterocycles. The molecule has 1 aromatic heterocycles. The summed E-state index contributed by atoms with van der Waals surface area (Å²) in [6.07, 6.45) is 3.88. The number of H-pyrrole nitrogens is 1. The molecule has 34 heavy (non-hydrogen) atoms. The molecule has 2 unspecified atom stereocenters.